The van der Waals surface area contributed by atoms with Gasteiger partial charge in [-0.3, -0.25) is 9.59 Å². The number of hydrogen-bond acceptors (Lipinski definition) is 3. The Morgan fingerprint density at radius 1 is 1.17 bits per heavy atom. The molecule has 0 aliphatic rings. The van der Waals surface area contributed by atoms with Crippen molar-refractivity contribution >= 4 is 39.5 Å². The number of aliphatic carboxylic acids is 1. The molecule has 2 aromatic carbocycles. The smallest absolute Gasteiger partial charge is 0.307 e. The van der Waals surface area contributed by atoms with Crippen molar-refractivity contribution in [3.05, 3.63) is 75.7 Å². The van der Waals surface area contributed by atoms with Crippen molar-refractivity contribution in [2.45, 2.75) is 24.8 Å². The predicted molar refractivity (Wildman–Crippen MR) is 118 cm³/mol. The van der Waals surface area contributed by atoms with Crippen molar-refractivity contribution in [1.29, 1.82) is 0 Å². The van der Waals surface area contributed by atoms with E-state index in [0.717, 1.165) is 43.4 Å². The standard InChI is InChI=1S/C23H22N2O3S/c1-14-10-16(12-20(27)28)23(29-3)22-21(14)17-6-4-5-7-18(17)25(22)13-15-8-9-24(2)19(26)11-15/h4-11H,12-13H2,1-3H3,(H,27,28). The third kappa shape index (κ3) is 3.34. The van der Waals surface area contributed by atoms with Gasteiger partial charge in [-0.15, -0.1) is 11.8 Å². The maximum Gasteiger partial charge on any atom is 0.307 e. The minimum Gasteiger partial charge on any atom is -0.481 e. The number of hydrogen-bond donors (Lipinski definition) is 1. The highest BCUT2D eigenvalue weighted by Crippen LogP contribution is 2.39. The van der Waals surface area contributed by atoms with Crippen LogP contribution in [0.15, 0.2) is 58.4 Å². The number of aromatic nitrogens is 2. The number of carboxylic acids is 1. The Hall–Kier alpha value is -2.99. The third-order valence-corrected chi connectivity index (χ3v) is 6.18. The fourth-order valence-electron chi connectivity index (χ4n) is 4.05. The molecule has 0 radical (unpaired) electrons. The summed E-state index contributed by atoms with van der Waals surface area (Å²) in [5, 5.41) is 11.7. The maximum atomic E-state index is 12.1. The number of carbonyl (C=O) groups is 1. The molecule has 4 rings (SSSR count). The van der Waals surface area contributed by atoms with E-state index in [1.807, 2.05) is 37.4 Å². The molecule has 5 nitrogen and oxygen atoms in total. The molecular formula is C23H22N2O3S. The van der Waals surface area contributed by atoms with E-state index < -0.39 is 5.97 Å². The van der Waals surface area contributed by atoms with Gasteiger partial charge < -0.3 is 14.2 Å². The Kier molecular flexibility index (Phi) is 4.96. The van der Waals surface area contributed by atoms with Gasteiger partial charge in [0.1, 0.15) is 0 Å². The van der Waals surface area contributed by atoms with E-state index >= 15 is 0 Å². The molecule has 0 fully saturated rings. The van der Waals surface area contributed by atoms with Crippen LogP contribution in [0.5, 0.6) is 0 Å². The Balaban J connectivity index is 2.07. The molecule has 2 heterocycles. The molecule has 0 aliphatic carbocycles. The van der Waals surface area contributed by atoms with Crippen molar-refractivity contribution < 1.29 is 9.90 Å². The van der Waals surface area contributed by atoms with Crippen molar-refractivity contribution in [3.8, 4) is 0 Å². The van der Waals surface area contributed by atoms with Crippen LogP contribution < -0.4 is 5.56 Å². The number of carboxylic acid groups (broad SMARTS) is 1. The second kappa shape index (κ2) is 7.44. The Bertz CT molecular complexity index is 1320. The van der Waals surface area contributed by atoms with Crippen LogP contribution in [0.3, 0.4) is 0 Å². The number of fused-ring (bicyclic) bond motifs is 3. The summed E-state index contributed by atoms with van der Waals surface area (Å²) in [6.45, 7) is 2.58. The first-order valence-electron chi connectivity index (χ1n) is 9.35. The number of nitrogens with zero attached hydrogens (tertiary/aromatic N) is 2. The fraction of sp³-hybridized carbons (Fsp3) is 0.217. The summed E-state index contributed by atoms with van der Waals surface area (Å²) in [6.07, 6.45) is 3.75. The Morgan fingerprint density at radius 3 is 2.62 bits per heavy atom. The van der Waals surface area contributed by atoms with Crippen LogP contribution >= 0.6 is 11.8 Å². The topological polar surface area (TPSA) is 64.2 Å². The summed E-state index contributed by atoms with van der Waals surface area (Å²) in [6, 6.07) is 13.8. The number of para-hydroxylation sites is 1. The minimum absolute atomic E-state index is 0.0135. The third-order valence-electron chi connectivity index (χ3n) is 5.32. The van der Waals surface area contributed by atoms with Gasteiger partial charge in [0.2, 0.25) is 0 Å². The van der Waals surface area contributed by atoms with E-state index in [2.05, 4.69) is 16.7 Å². The molecule has 0 saturated heterocycles. The van der Waals surface area contributed by atoms with E-state index in [0.29, 0.717) is 6.54 Å². The summed E-state index contributed by atoms with van der Waals surface area (Å²) in [5.41, 5.74) is 4.88. The van der Waals surface area contributed by atoms with Crippen molar-refractivity contribution in [3.63, 3.8) is 0 Å². The lowest BCUT2D eigenvalue weighted by Crippen LogP contribution is -2.16. The Morgan fingerprint density at radius 2 is 1.93 bits per heavy atom. The molecule has 4 aromatic rings. The van der Waals surface area contributed by atoms with Gasteiger partial charge in [0.15, 0.2) is 0 Å². The van der Waals surface area contributed by atoms with Crippen LogP contribution in [0.25, 0.3) is 21.8 Å². The number of thioether (sulfide) groups is 1. The second-order valence-electron chi connectivity index (χ2n) is 7.27. The summed E-state index contributed by atoms with van der Waals surface area (Å²) in [5.74, 6) is -0.840. The highest BCUT2D eigenvalue weighted by atomic mass is 32.2. The average molecular weight is 407 g/mol. The zero-order chi connectivity index (χ0) is 20.7. The van der Waals surface area contributed by atoms with Gasteiger partial charge in [-0.25, -0.2) is 0 Å². The molecule has 1 N–H and O–H groups in total. The molecule has 6 heteroatoms. The molecule has 0 saturated carbocycles. The molecular weight excluding hydrogens is 384 g/mol. The number of aryl methyl sites for hydroxylation is 2. The zero-order valence-corrected chi connectivity index (χ0v) is 17.4. The van der Waals surface area contributed by atoms with Crippen LogP contribution in [0, 0.1) is 6.92 Å². The maximum absolute atomic E-state index is 12.1. The second-order valence-corrected chi connectivity index (χ2v) is 8.08. The first-order chi connectivity index (χ1) is 13.9. The number of benzene rings is 2. The molecule has 148 valence electrons. The van der Waals surface area contributed by atoms with Crippen molar-refractivity contribution in [1.82, 2.24) is 9.13 Å². The molecule has 29 heavy (non-hydrogen) atoms. The van der Waals surface area contributed by atoms with E-state index in [1.165, 1.54) is 0 Å². The minimum atomic E-state index is -0.840. The van der Waals surface area contributed by atoms with Crippen LogP contribution in [-0.4, -0.2) is 26.5 Å². The lowest BCUT2D eigenvalue weighted by molar-refractivity contribution is -0.136. The first-order valence-corrected chi connectivity index (χ1v) is 10.6. The van der Waals surface area contributed by atoms with Gasteiger partial charge in [0, 0.05) is 47.0 Å². The van der Waals surface area contributed by atoms with E-state index in [9.17, 15) is 14.7 Å². The quantitative estimate of drug-likeness (QED) is 0.505. The molecule has 2 aromatic heterocycles. The van der Waals surface area contributed by atoms with Crippen LogP contribution in [0.2, 0.25) is 0 Å². The summed E-state index contributed by atoms with van der Waals surface area (Å²) in [7, 11) is 1.74. The van der Waals surface area contributed by atoms with Crippen molar-refractivity contribution in [2.24, 2.45) is 7.05 Å². The van der Waals surface area contributed by atoms with Gasteiger partial charge in [0.25, 0.3) is 5.56 Å². The normalized spacial score (nSPS) is 11.4. The summed E-state index contributed by atoms with van der Waals surface area (Å²) in [4.78, 5) is 24.6. The van der Waals surface area contributed by atoms with Gasteiger partial charge in [-0.1, -0.05) is 24.3 Å². The van der Waals surface area contributed by atoms with E-state index in [-0.39, 0.29) is 12.0 Å². The Labute approximate surface area is 172 Å². The molecule has 0 amide bonds. The van der Waals surface area contributed by atoms with Crippen molar-refractivity contribution in [2.75, 3.05) is 6.26 Å². The van der Waals surface area contributed by atoms with Crippen LogP contribution in [0.1, 0.15) is 16.7 Å². The van der Waals surface area contributed by atoms with Crippen LogP contribution in [0.4, 0.5) is 0 Å². The monoisotopic (exact) mass is 406 g/mol. The molecule has 0 bridgehead atoms. The largest absolute Gasteiger partial charge is 0.481 e. The zero-order valence-electron chi connectivity index (χ0n) is 16.6. The molecule has 0 aliphatic heterocycles. The highest BCUT2D eigenvalue weighted by molar-refractivity contribution is 7.98. The first kappa shape index (κ1) is 19.3. The number of rotatable bonds is 5. The highest BCUT2D eigenvalue weighted by Gasteiger charge is 2.20. The van der Waals surface area contributed by atoms with E-state index in [1.54, 1.807) is 35.6 Å². The van der Waals surface area contributed by atoms with E-state index in [4.69, 9.17) is 0 Å². The summed E-state index contributed by atoms with van der Waals surface area (Å²) >= 11 is 1.57. The molecule has 0 atom stereocenters. The molecule has 0 spiro atoms. The van der Waals surface area contributed by atoms with Gasteiger partial charge in [0.05, 0.1) is 11.9 Å². The fourth-order valence-corrected chi connectivity index (χ4v) is 4.85. The molecule has 0 unspecified atom stereocenters. The van der Waals surface area contributed by atoms with Crippen LogP contribution in [-0.2, 0) is 24.8 Å². The lowest BCUT2D eigenvalue weighted by Gasteiger charge is -2.14. The lowest BCUT2D eigenvalue weighted by atomic mass is 10.0. The summed E-state index contributed by atoms with van der Waals surface area (Å²) < 4.78 is 3.77. The number of pyridine rings is 1. The van der Waals surface area contributed by atoms with Gasteiger partial charge >= 0.3 is 5.97 Å². The van der Waals surface area contributed by atoms with Gasteiger partial charge in [-0.05, 0) is 42.0 Å². The SMILES string of the molecule is CSc1c(CC(=O)O)cc(C)c2c3ccccc3n(Cc3ccn(C)c(=O)c3)c12. The van der Waals surface area contributed by atoms with Gasteiger partial charge in [-0.2, -0.15) is 0 Å². The predicted octanol–water partition coefficient (Wildman–Crippen LogP) is 4.20. The average Bonchev–Trinajstić information content (AvgIpc) is 3.00.